The van der Waals surface area contributed by atoms with E-state index < -0.39 is 0 Å². The van der Waals surface area contributed by atoms with E-state index in [1.54, 1.807) is 12.1 Å². The van der Waals surface area contributed by atoms with E-state index in [0.717, 1.165) is 5.56 Å². The first-order valence-electron chi connectivity index (χ1n) is 4.83. The highest BCUT2D eigenvalue weighted by Crippen LogP contribution is 2.08. The maximum absolute atomic E-state index is 11.5. The molecule has 0 aliphatic carbocycles. The molecule has 0 saturated heterocycles. The lowest BCUT2D eigenvalue weighted by molar-refractivity contribution is 0.0982. The summed E-state index contributed by atoms with van der Waals surface area (Å²) in [5.41, 5.74) is 1.63. The van der Waals surface area contributed by atoms with E-state index >= 15 is 0 Å². The monoisotopic (exact) mass is 221 g/mol. The van der Waals surface area contributed by atoms with Crippen molar-refractivity contribution < 1.29 is 4.79 Å². The molecule has 0 heterocycles. The molecule has 78 valence electrons. The number of carbonyl (C=O) groups excluding carboxylic acids is 1. The molecule has 0 aliphatic heterocycles. The molecule has 1 aromatic rings. The fourth-order valence-electron chi connectivity index (χ4n) is 1.27. The van der Waals surface area contributed by atoms with Crippen LogP contribution in [0.5, 0.6) is 0 Å². The summed E-state index contributed by atoms with van der Waals surface area (Å²) in [6.45, 7) is 0. The van der Waals surface area contributed by atoms with Gasteiger partial charge in [-0.2, -0.15) is 5.26 Å². The van der Waals surface area contributed by atoms with Gasteiger partial charge in [-0.3, -0.25) is 4.79 Å². The number of nitriles is 1. The largest absolute Gasteiger partial charge is 0.294 e. The number of nitrogens with zero attached hydrogens (tertiary/aromatic N) is 1. The normalized spacial score (nSPS) is 9.60. The predicted octanol–water partition coefficient (Wildman–Crippen LogP) is 2.95. The van der Waals surface area contributed by atoms with Gasteiger partial charge in [0.1, 0.15) is 0 Å². The number of halogens is 1. The van der Waals surface area contributed by atoms with Gasteiger partial charge in [0, 0.05) is 17.9 Å². The quantitative estimate of drug-likeness (QED) is 0.567. The smallest absolute Gasteiger partial charge is 0.162 e. The number of rotatable bonds is 5. The summed E-state index contributed by atoms with van der Waals surface area (Å²) in [6, 6.07) is 9.23. The number of Topliss-reactive ketones (excluding diaryl/α,β-unsaturated/α-hetero) is 1. The SMILES string of the molecule is N#CCc1ccc(C(=O)CCCCl)cc1. The maximum atomic E-state index is 11.5. The average molecular weight is 222 g/mol. The summed E-state index contributed by atoms with van der Waals surface area (Å²) in [6.07, 6.45) is 1.58. The Balaban J connectivity index is 2.63. The van der Waals surface area contributed by atoms with E-state index in [1.807, 2.05) is 12.1 Å². The second-order valence-electron chi connectivity index (χ2n) is 3.25. The Bertz CT molecular complexity index is 364. The van der Waals surface area contributed by atoms with Crippen molar-refractivity contribution in [1.82, 2.24) is 0 Å². The standard InChI is InChI=1S/C12H12ClNO/c13-8-1-2-12(15)11-5-3-10(4-6-11)7-9-14/h3-6H,1-2,7-8H2. The minimum atomic E-state index is 0.110. The molecule has 0 bridgehead atoms. The zero-order valence-corrected chi connectivity index (χ0v) is 9.13. The third kappa shape index (κ3) is 3.73. The zero-order chi connectivity index (χ0) is 11.1. The van der Waals surface area contributed by atoms with Crippen molar-refractivity contribution in [1.29, 1.82) is 5.26 Å². The lowest BCUT2D eigenvalue weighted by Crippen LogP contribution is -1.99. The highest BCUT2D eigenvalue weighted by molar-refractivity contribution is 6.18. The first kappa shape index (κ1) is 11.7. The van der Waals surface area contributed by atoms with Crippen molar-refractivity contribution >= 4 is 17.4 Å². The van der Waals surface area contributed by atoms with Gasteiger partial charge in [-0.05, 0) is 12.0 Å². The lowest BCUT2D eigenvalue weighted by atomic mass is 10.0. The minimum Gasteiger partial charge on any atom is -0.294 e. The molecule has 1 rings (SSSR count). The van der Waals surface area contributed by atoms with E-state index in [0.29, 0.717) is 30.7 Å². The van der Waals surface area contributed by atoms with Crippen LogP contribution in [0.3, 0.4) is 0 Å². The van der Waals surface area contributed by atoms with Crippen molar-refractivity contribution in [2.24, 2.45) is 0 Å². The molecule has 2 nitrogen and oxygen atoms in total. The first-order valence-corrected chi connectivity index (χ1v) is 5.36. The predicted molar refractivity (Wildman–Crippen MR) is 60.0 cm³/mol. The fraction of sp³-hybridized carbons (Fsp3) is 0.333. The van der Waals surface area contributed by atoms with Crippen LogP contribution in [0.15, 0.2) is 24.3 Å². The molecule has 0 aliphatic rings. The van der Waals surface area contributed by atoms with Gasteiger partial charge in [0.25, 0.3) is 0 Å². The van der Waals surface area contributed by atoms with Crippen LogP contribution in [0.4, 0.5) is 0 Å². The van der Waals surface area contributed by atoms with Gasteiger partial charge in [-0.1, -0.05) is 24.3 Å². The number of hydrogen-bond donors (Lipinski definition) is 0. The molecule has 3 heteroatoms. The molecule has 0 radical (unpaired) electrons. The highest BCUT2D eigenvalue weighted by atomic mass is 35.5. The molecule has 1 aromatic carbocycles. The molecular weight excluding hydrogens is 210 g/mol. The fourth-order valence-corrected chi connectivity index (χ4v) is 1.41. The maximum Gasteiger partial charge on any atom is 0.162 e. The van der Waals surface area contributed by atoms with Gasteiger partial charge in [0.15, 0.2) is 5.78 Å². The molecular formula is C12H12ClNO. The van der Waals surface area contributed by atoms with Crippen LogP contribution in [0.1, 0.15) is 28.8 Å². The molecule has 0 fully saturated rings. The van der Waals surface area contributed by atoms with Crippen LogP contribution < -0.4 is 0 Å². The Morgan fingerprint density at radius 1 is 1.33 bits per heavy atom. The molecule has 0 aromatic heterocycles. The molecule has 0 saturated carbocycles. The molecule has 0 spiro atoms. The number of ketones is 1. The summed E-state index contributed by atoms with van der Waals surface area (Å²) < 4.78 is 0. The Labute approximate surface area is 94.5 Å². The zero-order valence-electron chi connectivity index (χ0n) is 8.37. The van der Waals surface area contributed by atoms with Crippen LogP contribution in [-0.4, -0.2) is 11.7 Å². The summed E-state index contributed by atoms with van der Waals surface area (Å²) in [4.78, 5) is 11.5. The summed E-state index contributed by atoms with van der Waals surface area (Å²) in [5, 5.41) is 8.48. The van der Waals surface area contributed by atoms with E-state index in [1.165, 1.54) is 0 Å². The summed E-state index contributed by atoms with van der Waals surface area (Å²) >= 11 is 5.51. The Kier molecular flexibility index (Phi) is 4.86. The number of benzene rings is 1. The van der Waals surface area contributed by atoms with Crippen LogP contribution in [0, 0.1) is 11.3 Å². The van der Waals surface area contributed by atoms with Crippen molar-refractivity contribution in [2.45, 2.75) is 19.3 Å². The van der Waals surface area contributed by atoms with Crippen molar-refractivity contribution in [3.8, 4) is 6.07 Å². The molecule has 15 heavy (non-hydrogen) atoms. The van der Waals surface area contributed by atoms with E-state index in [9.17, 15) is 4.79 Å². The number of alkyl halides is 1. The first-order chi connectivity index (χ1) is 7.27. The second-order valence-corrected chi connectivity index (χ2v) is 3.63. The highest BCUT2D eigenvalue weighted by Gasteiger charge is 2.04. The third-order valence-corrected chi connectivity index (χ3v) is 2.36. The Morgan fingerprint density at radius 2 is 2.00 bits per heavy atom. The second kappa shape index (κ2) is 6.21. The van der Waals surface area contributed by atoms with E-state index in [2.05, 4.69) is 6.07 Å². The van der Waals surface area contributed by atoms with E-state index in [4.69, 9.17) is 16.9 Å². The molecule has 0 atom stereocenters. The Hall–Kier alpha value is -1.33. The minimum absolute atomic E-state index is 0.110. The van der Waals surface area contributed by atoms with Gasteiger partial charge in [-0.15, -0.1) is 11.6 Å². The lowest BCUT2D eigenvalue weighted by Gasteiger charge is -2.00. The van der Waals surface area contributed by atoms with Gasteiger partial charge in [0.05, 0.1) is 12.5 Å². The van der Waals surface area contributed by atoms with Gasteiger partial charge >= 0.3 is 0 Å². The van der Waals surface area contributed by atoms with Crippen molar-refractivity contribution in [3.05, 3.63) is 35.4 Å². The number of carbonyl (C=O) groups is 1. The van der Waals surface area contributed by atoms with Crippen LogP contribution >= 0.6 is 11.6 Å². The third-order valence-electron chi connectivity index (χ3n) is 2.10. The van der Waals surface area contributed by atoms with Gasteiger partial charge in [0.2, 0.25) is 0 Å². The number of hydrogen-bond acceptors (Lipinski definition) is 2. The van der Waals surface area contributed by atoms with Crippen molar-refractivity contribution in [3.63, 3.8) is 0 Å². The van der Waals surface area contributed by atoms with Gasteiger partial charge in [-0.25, -0.2) is 0 Å². The Morgan fingerprint density at radius 3 is 2.53 bits per heavy atom. The topological polar surface area (TPSA) is 40.9 Å². The van der Waals surface area contributed by atoms with Gasteiger partial charge < -0.3 is 0 Å². The average Bonchev–Trinajstić information content (AvgIpc) is 2.27. The molecule has 0 amide bonds. The van der Waals surface area contributed by atoms with Crippen LogP contribution in [0.2, 0.25) is 0 Å². The summed E-state index contributed by atoms with van der Waals surface area (Å²) in [5.74, 6) is 0.622. The molecule has 0 N–H and O–H groups in total. The van der Waals surface area contributed by atoms with E-state index in [-0.39, 0.29) is 5.78 Å². The van der Waals surface area contributed by atoms with Crippen molar-refractivity contribution in [2.75, 3.05) is 5.88 Å². The van der Waals surface area contributed by atoms with Crippen LogP contribution in [-0.2, 0) is 6.42 Å². The molecule has 0 unspecified atom stereocenters. The van der Waals surface area contributed by atoms with Crippen LogP contribution in [0.25, 0.3) is 0 Å². The summed E-state index contributed by atoms with van der Waals surface area (Å²) in [7, 11) is 0.